The molecular weight excluding hydrogens is 356 g/mol. The Morgan fingerprint density at radius 2 is 2.00 bits per heavy atom. The SMILES string of the molecule is O=C(NCc1ccc(Cl)s1)N1CCN(c2cccc3[nH]ccc23)CC1. The molecule has 130 valence electrons. The first kappa shape index (κ1) is 16.3. The molecule has 2 N–H and O–H groups in total. The zero-order chi connectivity index (χ0) is 17.2. The molecule has 0 atom stereocenters. The molecule has 0 aliphatic carbocycles. The molecule has 1 fully saturated rings. The Labute approximate surface area is 155 Å². The number of amides is 2. The number of rotatable bonds is 3. The minimum atomic E-state index is -0.0102. The second kappa shape index (κ2) is 6.98. The van der Waals surface area contributed by atoms with E-state index in [2.05, 4.69) is 39.5 Å². The van der Waals surface area contributed by atoms with Crippen LogP contribution in [0.5, 0.6) is 0 Å². The summed E-state index contributed by atoms with van der Waals surface area (Å²) in [7, 11) is 0. The molecule has 5 nitrogen and oxygen atoms in total. The Bertz CT molecular complexity index is 882. The molecule has 1 aliphatic rings. The summed E-state index contributed by atoms with van der Waals surface area (Å²) in [6, 6.07) is 12.2. The highest BCUT2D eigenvalue weighted by Crippen LogP contribution is 2.27. The summed E-state index contributed by atoms with van der Waals surface area (Å²) in [4.78, 5) is 20.9. The molecule has 1 aromatic carbocycles. The smallest absolute Gasteiger partial charge is 0.317 e. The number of H-pyrrole nitrogens is 1. The zero-order valence-corrected chi connectivity index (χ0v) is 15.2. The van der Waals surface area contributed by atoms with Crippen LogP contribution in [0.4, 0.5) is 10.5 Å². The lowest BCUT2D eigenvalue weighted by molar-refractivity contribution is 0.194. The molecule has 0 unspecified atom stereocenters. The van der Waals surface area contributed by atoms with Gasteiger partial charge in [0.25, 0.3) is 0 Å². The van der Waals surface area contributed by atoms with Gasteiger partial charge >= 0.3 is 6.03 Å². The number of aromatic nitrogens is 1. The van der Waals surface area contributed by atoms with Crippen LogP contribution in [0, 0.1) is 0 Å². The third-order valence-electron chi connectivity index (χ3n) is 4.52. The van der Waals surface area contributed by atoms with E-state index in [1.54, 1.807) is 0 Å². The average molecular weight is 375 g/mol. The molecule has 3 aromatic rings. The Morgan fingerprint density at radius 1 is 1.16 bits per heavy atom. The van der Waals surface area contributed by atoms with Crippen molar-refractivity contribution in [3.05, 3.63) is 51.8 Å². The molecule has 2 aromatic heterocycles. The maximum atomic E-state index is 12.4. The van der Waals surface area contributed by atoms with Crippen molar-refractivity contribution in [2.75, 3.05) is 31.1 Å². The average Bonchev–Trinajstić information content (AvgIpc) is 3.28. The minimum Gasteiger partial charge on any atom is -0.367 e. The van der Waals surface area contributed by atoms with Crippen molar-refractivity contribution in [2.24, 2.45) is 0 Å². The third-order valence-corrected chi connectivity index (χ3v) is 5.75. The molecule has 7 heteroatoms. The fraction of sp³-hybridized carbons (Fsp3) is 0.278. The van der Waals surface area contributed by atoms with E-state index in [9.17, 15) is 4.79 Å². The monoisotopic (exact) mass is 374 g/mol. The summed E-state index contributed by atoms with van der Waals surface area (Å²) in [5.74, 6) is 0. The van der Waals surface area contributed by atoms with E-state index < -0.39 is 0 Å². The Morgan fingerprint density at radius 3 is 2.76 bits per heavy atom. The van der Waals surface area contributed by atoms with Gasteiger partial charge in [-0.25, -0.2) is 4.79 Å². The fourth-order valence-corrected chi connectivity index (χ4v) is 4.24. The number of fused-ring (bicyclic) bond motifs is 1. The second-order valence-corrected chi connectivity index (χ2v) is 7.85. The number of carbonyl (C=O) groups excluding carboxylic acids is 1. The van der Waals surface area contributed by atoms with Gasteiger partial charge in [-0.1, -0.05) is 17.7 Å². The molecule has 0 radical (unpaired) electrons. The number of halogens is 1. The molecule has 0 spiro atoms. The number of aromatic amines is 1. The standard InChI is InChI=1S/C18H19ClN4OS/c19-17-5-4-13(25-17)12-21-18(24)23-10-8-22(9-11-23)16-3-1-2-15-14(16)6-7-20-15/h1-7,20H,8-12H2,(H,21,24). The maximum Gasteiger partial charge on any atom is 0.317 e. The maximum absolute atomic E-state index is 12.4. The minimum absolute atomic E-state index is 0.0102. The summed E-state index contributed by atoms with van der Waals surface area (Å²) in [6.45, 7) is 3.64. The van der Waals surface area contributed by atoms with Gasteiger partial charge in [0.15, 0.2) is 0 Å². The van der Waals surface area contributed by atoms with Gasteiger partial charge in [-0.15, -0.1) is 11.3 Å². The second-order valence-electron chi connectivity index (χ2n) is 6.05. The summed E-state index contributed by atoms with van der Waals surface area (Å²) < 4.78 is 0.747. The predicted molar refractivity (Wildman–Crippen MR) is 104 cm³/mol. The number of anilines is 1. The van der Waals surface area contributed by atoms with Crippen LogP contribution in [0.3, 0.4) is 0 Å². The third kappa shape index (κ3) is 3.45. The van der Waals surface area contributed by atoms with Crippen LogP contribution in [0.1, 0.15) is 4.88 Å². The number of benzene rings is 1. The van der Waals surface area contributed by atoms with Gasteiger partial charge in [0.1, 0.15) is 0 Å². The van der Waals surface area contributed by atoms with Crippen molar-refractivity contribution in [3.63, 3.8) is 0 Å². The lowest BCUT2D eigenvalue weighted by atomic mass is 10.2. The van der Waals surface area contributed by atoms with E-state index in [1.807, 2.05) is 23.2 Å². The number of carbonyl (C=O) groups is 1. The number of nitrogens with zero attached hydrogens (tertiary/aromatic N) is 2. The normalized spacial score (nSPS) is 14.9. The molecule has 0 bridgehead atoms. The lowest BCUT2D eigenvalue weighted by Gasteiger charge is -2.36. The Kier molecular flexibility index (Phi) is 4.55. The van der Waals surface area contributed by atoms with Crippen LogP contribution in [0.25, 0.3) is 10.9 Å². The molecule has 2 amide bonds. The predicted octanol–water partition coefficient (Wildman–Crippen LogP) is 3.91. The van der Waals surface area contributed by atoms with Crippen LogP contribution in [0.2, 0.25) is 4.34 Å². The Hall–Kier alpha value is -2.18. The quantitative estimate of drug-likeness (QED) is 0.730. The first-order valence-electron chi connectivity index (χ1n) is 8.29. The molecule has 1 saturated heterocycles. The van der Waals surface area contributed by atoms with Crippen LogP contribution in [0.15, 0.2) is 42.6 Å². The van der Waals surface area contributed by atoms with E-state index in [0.717, 1.165) is 40.9 Å². The molecule has 25 heavy (non-hydrogen) atoms. The lowest BCUT2D eigenvalue weighted by Crippen LogP contribution is -2.51. The van der Waals surface area contributed by atoms with Gasteiger partial charge < -0.3 is 20.1 Å². The molecule has 3 heterocycles. The summed E-state index contributed by atoms with van der Waals surface area (Å²) in [6.07, 6.45) is 1.97. The highest BCUT2D eigenvalue weighted by atomic mass is 35.5. The number of hydrogen-bond acceptors (Lipinski definition) is 3. The van der Waals surface area contributed by atoms with Crippen LogP contribution < -0.4 is 10.2 Å². The van der Waals surface area contributed by atoms with Crippen molar-refractivity contribution in [1.82, 2.24) is 15.2 Å². The first-order chi connectivity index (χ1) is 12.2. The number of urea groups is 1. The summed E-state index contributed by atoms with van der Waals surface area (Å²) in [5, 5.41) is 4.21. The van der Waals surface area contributed by atoms with Gasteiger partial charge in [-0.2, -0.15) is 0 Å². The molecular formula is C18H19ClN4OS. The van der Waals surface area contributed by atoms with Crippen LogP contribution in [-0.4, -0.2) is 42.1 Å². The molecule has 0 saturated carbocycles. The van der Waals surface area contributed by atoms with Crippen molar-refractivity contribution in [1.29, 1.82) is 0 Å². The zero-order valence-electron chi connectivity index (χ0n) is 13.7. The number of thiophene rings is 1. The van der Waals surface area contributed by atoms with Gasteiger partial charge in [0, 0.05) is 53.8 Å². The highest BCUT2D eigenvalue weighted by molar-refractivity contribution is 7.16. The van der Waals surface area contributed by atoms with E-state index in [-0.39, 0.29) is 6.03 Å². The van der Waals surface area contributed by atoms with E-state index in [4.69, 9.17) is 11.6 Å². The van der Waals surface area contributed by atoms with E-state index in [0.29, 0.717) is 6.54 Å². The molecule has 4 rings (SSSR count). The van der Waals surface area contributed by atoms with Gasteiger partial charge in [-0.3, -0.25) is 0 Å². The highest BCUT2D eigenvalue weighted by Gasteiger charge is 2.22. The van der Waals surface area contributed by atoms with Gasteiger partial charge in [0.2, 0.25) is 0 Å². The van der Waals surface area contributed by atoms with Crippen molar-refractivity contribution in [3.8, 4) is 0 Å². The number of nitrogens with one attached hydrogen (secondary N) is 2. The summed E-state index contributed by atoms with van der Waals surface area (Å²) in [5.41, 5.74) is 2.37. The first-order valence-corrected chi connectivity index (χ1v) is 9.48. The fourth-order valence-electron chi connectivity index (χ4n) is 3.22. The largest absolute Gasteiger partial charge is 0.367 e. The number of piperazine rings is 1. The van der Waals surface area contributed by atoms with Crippen molar-refractivity contribution >= 4 is 45.6 Å². The van der Waals surface area contributed by atoms with Crippen molar-refractivity contribution < 1.29 is 4.79 Å². The van der Waals surface area contributed by atoms with Crippen LogP contribution in [-0.2, 0) is 6.54 Å². The van der Waals surface area contributed by atoms with Crippen molar-refractivity contribution in [2.45, 2.75) is 6.54 Å². The number of hydrogen-bond donors (Lipinski definition) is 2. The Balaban J connectivity index is 1.35. The molecule has 1 aliphatic heterocycles. The van der Waals surface area contributed by atoms with E-state index in [1.165, 1.54) is 22.4 Å². The topological polar surface area (TPSA) is 51.4 Å². The van der Waals surface area contributed by atoms with E-state index >= 15 is 0 Å². The van der Waals surface area contributed by atoms with Gasteiger partial charge in [0.05, 0.1) is 10.9 Å². The van der Waals surface area contributed by atoms with Gasteiger partial charge in [-0.05, 0) is 30.3 Å². The van der Waals surface area contributed by atoms with Crippen LogP contribution >= 0.6 is 22.9 Å². The summed E-state index contributed by atoms with van der Waals surface area (Å²) >= 11 is 7.42.